The van der Waals surface area contributed by atoms with Crippen molar-refractivity contribution in [3.05, 3.63) is 47.3 Å². The summed E-state index contributed by atoms with van der Waals surface area (Å²) in [4.78, 5) is 26.0. The second-order valence-corrected chi connectivity index (χ2v) is 7.56. The minimum atomic E-state index is -0.393. The number of rotatable bonds is 8. The zero-order valence-electron chi connectivity index (χ0n) is 18.1. The molecule has 9 heteroatoms. The van der Waals surface area contributed by atoms with Crippen molar-refractivity contribution in [2.75, 3.05) is 32.7 Å². The highest BCUT2D eigenvalue weighted by Gasteiger charge is 2.33. The second-order valence-electron chi connectivity index (χ2n) is 7.56. The van der Waals surface area contributed by atoms with E-state index in [1.165, 1.54) is 6.20 Å². The number of hydrogen-bond donors (Lipinski definition) is 2. The third kappa shape index (κ3) is 5.37. The van der Waals surface area contributed by atoms with Crippen LogP contribution in [0.1, 0.15) is 35.5 Å². The molecular formula is C22H27N5O4. The fraction of sp³-hybridized carbons (Fsp3) is 0.364. The zero-order chi connectivity index (χ0) is 22.4. The SMILES string of the molecule is CN=CC(=CN)c1cccc(NC(=O)c2cc3c(nc2OCCOC)OC(C)(C)C3)n1. The Morgan fingerprint density at radius 1 is 1.35 bits per heavy atom. The molecule has 1 amide bonds. The fourth-order valence-corrected chi connectivity index (χ4v) is 3.17. The maximum absolute atomic E-state index is 13.1. The van der Waals surface area contributed by atoms with Crippen LogP contribution < -0.4 is 20.5 Å². The Hall–Kier alpha value is -3.46. The van der Waals surface area contributed by atoms with Crippen LogP contribution >= 0.6 is 0 Å². The van der Waals surface area contributed by atoms with E-state index in [4.69, 9.17) is 19.9 Å². The largest absolute Gasteiger partial charge is 0.475 e. The molecule has 0 bridgehead atoms. The third-order valence-corrected chi connectivity index (χ3v) is 4.52. The van der Waals surface area contributed by atoms with E-state index in [1.54, 1.807) is 44.6 Å². The Balaban J connectivity index is 1.89. The molecule has 0 saturated carbocycles. The molecule has 1 aliphatic heterocycles. The van der Waals surface area contributed by atoms with Gasteiger partial charge in [0.25, 0.3) is 5.91 Å². The monoisotopic (exact) mass is 425 g/mol. The number of ether oxygens (including phenoxy) is 3. The number of nitrogens with zero attached hydrogens (tertiary/aromatic N) is 3. The van der Waals surface area contributed by atoms with Gasteiger partial charge in [0.2, 0.25) is 11.8 Å². The number of fused-ring (bicyclic) bond motifs is 1. The molecule has 0 fully saturated rings. The van der Waals surface area contributed by atoms with Gasteiger partial charge in [0.15, 0.2) is 0 Å². The van der Waals surface area contributed by atoms with Gasteiger partial charge in [0.1, 0.15) is 23.6 Å². The van der Waals surface area contributed by atoms with Gasteiger partial charge in [-0.05, 0) is 32.0 Å². The summed E-state index contributed by atoms with van der Waals surface area (Å²) in [6.07, 6.45) is 3.65. The van der Waals surface area contributed by atoms with Crippen LogP contribution in [0.5, 0.6) is 11.8 Å². The summed E-state index contributed by atoms with van der Waals surface area (Å²) in [7, 11) is 3.22. The number of aromatic nitrogens is 2. The molecule has 0 saturated heterocycles. The van der Waals surface area contributed by atoms with Crippen LogP contribution in [0.25, 0.3) is 5.57 Å². The maximum Gasteiger partial charge on any atom is 0.262 e. The number of carbonyl (C=O) groups excluding carboxylic acids is 1. The molecule has 0 radical (unpaired) electrons. The summed E-state index contributed by atoms with van der Waals surface area (Å²) in [5.41, 5.74) is 7.64. The molecule has 31 heavy (non-hydrogen) atoms. The Morgan fingerprint density at radius 3 is 2.87 bits per heavy atom. The van der Waals surface area contributed by atoms with E-state index in [2.05, 4.69) is 20.3 Å². The smallest absolute Gasteiger partial charge is 0.262 e. The minimum absolute atomic E-state index is 0.183. The number of allylic oxidation sites excluding steroid dienone is 1. The number of aliphatic imine (C=N–C) groups is 1. The molecule has 0 spiro atoms. The lowest BCUT2D eigenvalue weighted by atomic mass is 10.0. The summed E-state index contributed by atoms with van der Waals surface area (Å²) >= 11 is 0. The number of pyridine rings is 2. The summed E-state index contributed by atoms with van der Waals surface area (Å²) in [6, 6.07) is 7.01. The molecule has 164 valence electrons. The van der Waals surface area contributed by atoms with E-state index in [0.717, 1.165) is 5.56 Å². The molecule has 9 nitrogen and oxygen atoms in total. The van der Waals surface area contributed by atoms with Gasteiger partial charge in [-0.25, -0.2) is 4.98 Å². The van der Waals surface area contributed by atoms with E-state index < -0.39 is 5.60 Å². The Bertz CT molecular complexity index is 1020. The molecular weight excluding hydrogens is 398 g/mol. The van der Waals surface area contributed by atoms with Gasteiger partial charge in [0, 0.05) is 44.1 Å². The normalized spacial score (nSPS) is 14.9. The van der Waals surface area contributed by atoms with E-state index in [-0.39, 0.29) is 18.4 Å². The van der Waals surface area contributed by atoms with Crippen molar-refractivity contribution >= 4 is 23.5 Å². The van der Waals surface area contributed by atoms with Crippen LogP contribution in [0.4, 0.5) is 5.82 Å². The first kappa shape index (κ1) is 22.2. The van der Waals surface area contributed by atoms with E-state index >= 15 is 0 Å². The molecule has 0 aromatic carbocycles. The van der Waals surface area contributed by atoms with Crippen molar-refractivity contribution in [3.8, 4) is 11.8 Å². The maximum atomic E-state index is 13.1. The number of amides is 1. The second kappa shape index (κ2) is 9.57. The third-order valence-electron chi connectivity index (χ3n) is 4.52. The quantitative estimate of drug-likeness (QED) is 0.492. The number of nitrogens with one attached hydrogen (secondary N) is 1. The lowest BCUT2D eigenvalue weighted by molar-refractivity contribution is 0.101. The summed E-state index contributed by atoms with van der Waals surface area (Å²) in [5.74, 6) is 0.638. The van der Waals surface area contributed by atoms with Gasteiger partial charge < -0.3 is 25.3 Å². The molecule has 0 aliphatic carbocycles. The molecule has 3 heterocycles. The number of methoxy groups -OCH3 is 1. The van der Waals surface area contributed by atoms with E-state index in [9.17, 15) is 4.79 Å². The number of nitrogens with two attached hydrogens (primary N) is 1. The highest BCUT2D eigenvalue weighted by Crippen LogP contribution is 2.36. The first-order valence-electron chi connectivity index (χ1n) is 9.84. The van der Waals surface area contributed by atoms with Gasteiger partial charge in [-0.3, -0.25) is 9.79 Å². The minimum Gasteiger partial charge on any atom is -0.475 e. The molecule has 3 rings (SSSR count). The van der Waals surface area contributed by atoms with Crippen molar-refractivity contribution in [3.63, 3.8) is 0 Å². The van der Waals surface area contributed by atoms with Crippen LogP contribution in [0.2, 0.25) is 0 Å². The summed E-state index contributed by atoms with van der Waals surface area (Å²) in [6.45, 7) is 4.55. The van der Waals surface area contributed by atoms with E-state index in [1.807, 2.05) is 13.8 Å². The molecule has 0 atom stereocenters. The average molecular weight is 425 g/mol. The summed E-state index contributed by atoms with van der Waals surface area (Å²) < 4.78 is 16.6. The number of hydrogen-bond acceptors (Lipinski definition) is 8. The van der Waals surface area contributed by atoms with Crippen LogP contribution in [0, 0.1) is 0 Å². The fourth-order valence-electron chi connectivity index (χ4n) is 3.17. The molecule has 2 aromatic heterocycles. The topological polar surface area (TPSA) is 121 Å². The molecule has 0 unspecified atom stereocenters. The molecule has 2 aromatic rings. The van der Waals surface area contributed by atoms with Crippen LogP contribution in [-0.4, -0.2) is 55.1 Å². The lowest BCUT2D eigenvalue weighted by Gasteiger charge is -2.16. The van der Waals surface area contributed by atoms with Gasteiger partial charge in [-0.15, -0.1) is 0 Å². The first-order chi connectivity index (χ1) is 14.9. The van der Waals surface area contributed by atoms with Crippen molar-refractivity contribution < 1.29 is 19.0 Å². The zero-order valence-corrected chi connectivity index (χ0v) is 18.1. The first-order valence-corrected chi connectivity index (χ1v) is 9.84. The Labute approximate surface area is 181 Å². The number of carbonyl (C=O) groups is 1. The van der Waals surface area contributed by atoms with Crippen molar-refractivity contribution in [2.24, 2.45) is 10.7 Å². The Kier molecular flexibility index (Phi) is 6.86. The highest BCUT2D eigenvalue weighted by molar-refractivity contribution is 6.09. The van der Waals surface area contributed by atoms with Gasteiger partial charge in [-0.1, -0.05) is 6.07 Å². The van der Waals surface area contributed by atoms with Crippen molar-refractivity contribution in [1.82, 2.24) is 9.97 Å². The predicted molar refractivity (Wildman–Crippen MR) is 119 cm³/mol. The number of anilines is 1. The Morgan fingerprint density at radius 2 is 2.16 bits per heavy atom. The average Bonchev–Trinajstić information content (AvgIpc) is 3.04. The molecule has 3 N–H and O–H groups in total. The molecule has 1 aliphatic rings. The summed E-state index contributed by atoms with van der Waals surface area (Å²) in [5, 5.41) is 2.81. The van der Waals surface area contributed by atoms with Crippen molar-refractivity contribution in [2.45, 2.75) is 25.9 Å². The predicted octanol–water partition coefficient (Wildman–Crippen LogP) is 2.47. The van der Waals surface area contributed by atoms with Crippen LogP contribution in [0.15, 0.2) is 35.5 Å². The standard InChI is InChI=1S/C22H27N5O4/c1-22(2)11-14-10-16(21(27-20(14)31-22)30-9-8-29-4)19(28)26-18-7-5-6-17(25-18)15(12-23)13-24-3/h5-7,10,12-13H,8-9,11,23H2,1-4H3,(H,25,26,28). The van der Waals surface area contributed by atoms with Gasteiger partial charge in [0.05, 0.1) is 12.3 Å². The van der Waals surface area contributed by atoms with Crippen molar-refractivity contribution in [1.29, 1.82) is 0 Å². The van der Waals surface area contributed by atoms with E-state index in [0.29, 0.717) is 41.6 Å². The van der Waals surface area contributed by atoms with Gasteiger partial charge >= 0.3 is 0 Å². The van der Waals surface area contributed by atoms with Gasteiger partial charge in [-0.2, -0.15) is 4.98 Å². The highest BCUT2D eigenvalue weighted by atomic mass is 16.5. The van der Waals surface area contributed by atoms with Crippen LogP contribution in [-0.2, 0) is 11.2 Å². The lowest BCUT2D eigenvalue weighted by Crippen LogP contribution is -2.24. The van der Waals surface area contributed by atoms with Crippen LogP contribution in [0.3, 0.4) is 0 Å².